The number of hydrogen-bond donors (Lipinski definition) is 2. The lowest BCUT2D eigenvalue weighted by molar-refractivity contribution is -0.928. The highest BCUT2D eigenvalue weighted by atomic mass is 35.5. The van der Waals surface area contributed by atoms with Gasteiger partial charge in [0.15, 0.2) is 6.54 Å². The van der Waals surface area contributed by atoms with Gasteiger partial charge in [-0.1, -0.05) is 11.6 Å². The molecule has 1 unspecified atom stereocenters. The van der Waals surface area contributed by atoms with Gasteiger partial charge in [-0.05, 0) is 36.4 Å². The van der Waals surface area contributed by atoms with Gasteiger partial charge in [-0.15, -0.1) is 11.3 Å². The van der Waals surface area contributed by atoms with Crippen molar-refractivity contribution in [3.8, 4) is 0 Å². The highest BCUT2D eigenvalue weighted by Gasteiger charge is 2.43. The topological polar surface area (TPSA) is 76.7 Å². The van der Waals surface area contributed by atoms with Crippen LogP contribution in [0.2, 0.25) is 5.02 Å². The van der Waals surface area contributed by atoms with E-state index in [1.165, 1.54) is 46.4 Å². The van der Waals surface area contributed by atoms with Crippen molar-refractivity contribution in [3.63, 3.8) is 0 Å². The molecular formula is C18H19ClN3O3S+. The number of hydrogen-bond acceptors (Lipinski definition) is 4. The molecule has 26 heavy (non-hydrogen) atoms. The molecule has 1 aliphatic heterocycles. The lowest BCUT2D eigenvalue weighted by Crippen LogP contribution is -3.14. The molecular weight excluding hydrogens is 374 g/mol. The van der Waals surface area contributed by atoms with Gasteiger partial charge in [0.05, 0.1) is 11.5 Å². The van der Waals surface area contributed by atoms with Gasteiger partial charge in [0.25, 0.3) is 11.6 Å². The third-order valence-corrected chi connectivity index (χ3v) is 6.37. The molecule has 4 rings (SSSR count). The fourth-order valence-electron chi connectivity index (χ4n) is 3.86. The maximum atomic E-state index is 12.6. The summed E-state index contributed by atoms with van der Waals surface area (Å²) in [5.74, 6) is 0.432. The molecule has 2 aromatic rings. The van der Waals surface area contributed by atoms with E-state index < -0.39 is 4.92 Å². The van der Waals surface area contributed by atoms with Crippen molar-refractivity contribution in [3.05, 3.63) is 55.2 Å². The number of quaternary nitrogens is 1. The van der Waals surface area contributed by atoms with E-state index in [1.807, 2.05) is 0 Å². The molecule has 8 heteroatoms. The van der Waals surface area contributed by atoms with Crippen LogP contribution in [0, 0.1) is 16.0 Å². The van der Waals surface area contributed by atoms with Gasteiger partial charge in [0, 0.05) is 33.9 Å². The number of rotatable bonds is 5. The second kappa shape index (κ2) is 6.98. The molecule has 1 aromatic heterocycles. The standard InChI is InChI=1S/C18H18ClN3O3S/c19-12-3-4-15(22(24)25)14(9-12)20-17(23)10-21-7-5-16-13(6-8-26-16)18(21)11-1-2-11/h3-4,6,8-9,11,18H,1-2,5,7,10H2,(H,20,23)/p+1/t18-/m1/s1. The summed E-state index contributed by atoms with van der Waals surface area (Å²) < 4.78 is 0. The summed E-state index contributed by atoms with van der Waals surface area (Å²) in [6.07, 6.45) is 3.41. The van der Waals surface area contributed by atoms with Crippen molar-refractivity contribution < 1.29 is 14.6 Å². The Morgan fingerprint density at radius 2 is 2.19 bits per heavy atom. The zero-order chi connectivity index (χ0) is 18.3. The lowest BCUT2D eigenvalue weighted by Gasteiger charge is -2.32. The van der Waals surface area contributed by atoms with E-state index in [2.05, 4.69) is 16.8 Å². The van der Waals surface area contributed by atoms with Gasteiger partial charge in [-0.2, -0.15) is 0 Å². The minimum atomic E-state index is -0.510. The quantitative estimate of drug-likeness (QED) is 0.606. The second-order valence-electron chi connectivity index (χ2n) is 6.92. The molecule has 0 radical (unpaired) electrons. The normalized spacial score (nSPS) is 21.9. The van der Waals surface area contributed by atoms with E-state index >= 15 is 0 Å². The molecule has 136 valence electrons. The summed E-state index contributed by atoms with van der Waals surface area (Å²) in [6.45, 7) is 1.22. The molecule has 6 nitrogen and oxygen atoms in total. The van der Waals surface area contributed by atoms with Gasteiger partial charge in [-0.25, -0.2) is 0 Å². The van der Waals surface area contributed by atoms with Crippen LogP contribution in [0.5, 0.6) is 0 Å². The Labute approximate surface area is 159 Å². The Bertz CT molecular complexity index is 865. The smallest absolute Gasteiger partial charge is 0.292 e. The first-order valence-corrected chi connectivity index (χ1v) is 9.93. The Kier molecular flexibility index (Phi) is 4.69. The summed E-state index contributed by atoms with van der Waals surface area (Å²) in [5.41, 5.74) is 1.40. The minimum absolute atomic E-state index is 0.143. The highest BCUT2D eigenvalue weighted by Crippen LogP contribution is 2.42. The average Bonchev–Trinajstić information content (AvgIpc) is 3.30. The maximum absolute atomic E-state index is 12.6. The molecule has 2 heterocycles. The number of nitro benzene ring substituents is 1. The van der Waals surface area contributed by atoms with Crippen LogP contribution in [0.15, 0.2) is 29.6 Å². The highest BCUT2D eigenvalue weighted by molar-refractivity contribution is 7.10. The van der Waals surface area contributed by atoms with Crippen molar-refractivity contribution in [1.82, 2.24) is 0 Å². The van der Waals surface area contributed by atoms with E-state index in [4.69, 9.17) is 11.6 Å². The predicted octanol–water partition coefficient (Wildman–Crippen LogP) is 2.84. The zero-order valence-electron chi connectivity index (χ0n) is 14.0. The molecule has 1 aromatic carbocycles. The monoisotopic (exact) mass is 392 g/mol. The first kappa shape index (κ1) is 17.5. The molecule has 0 bridgehead atoms. The summed E-state index contributed by atoms with van der Waals surface area (Å²) in [5, 5.41) is 16.4. The molecule has 1 fully saturated rings. The minimum Gasteiger partial charge on any atom is -0.320 e. The van der Waals surface area contributed by atoms with Gasteiger partial charge >= 0.3 is 0 Å². The van der Waals surface area contributed by atoms with Crippen molar-refractivity contribution in [1.29, 1.82) is 0 Å². The van der Waals surface area contributed by atoms with Gasteiger partial charge in [-0.3, -0.25) is 14.9 Å². The first-order chi connectivity index (χ1) is 12.5. The summed E-state index contributed by atoms with van der Waals surface area (Å²) >= 11 is 7.74. The van der Waals surface area contributed by atoms with Crippen molar-refractivity contribution in [2.45, 2.75) is 25.3 Å². The Balaban J connectivity index is 1.50. The van der Waals surface area contributed by atoms with Crippen LogP contribution in [-0.4, -0.2) is 23.9 Å². The van der Waals surface area contributed by atoms with E-state index in [9.17, 15) is 14.9 Å². The van der Waals surface area contributed by atoms with Crippen molar-refractivity contribution in [2.24, 2.45) is 5.92 Å². The van der Waals surface area contributed by atoms with Crippen LogP contribution in [0.25, 0.3) is 0 Å². The number of carbonyl (C=O) groups is 1. The number of benzene rings is 1. The third kappa shape index (κ3) is 3.47. The SMILES string of the molecule is O=C(C[NH+]1CCc2sccc2[C@H]1C1CC1)Nc1cc(Cl)ccc1[N+](=O)[O-]. The lowest BCUT2D eigenvalue weighted by atomic mass is 9.96. The van der Waals surface area contributed by atoms with E-state index in [1.54, 1.807) is 11.3 Å². The number of carbonyl (C=O) groups excluding carboxylic acids is 1. The maximum Gasteiger partial charge on any atom is 0.292 e. The first-order valence-electron chi connectivity index (χ1n) is 8.67. The van der Waals surface area contributed by atoms with Gasteiger partial charge < -0.3 is 10.2 Å². The Hall–Kier alpha value is -1.96. The molecule has 1 saturated carbocycles. The number of thiophene rings is 1. The molecule has 1 amide bonds. The Morgan fingerprint density at radius 1 is 1.38 bits per heavy atom. The number of nitrogens with one attached hydrogen (secondary N) is 2. The number of halogens is 1. The van der Waals surface area contributed by atoms with Crippen LogP contribution in [0.1, 0.15) is 29.3 Å². The molecule has 2 N–H and O–H groups in total. The van der Waals surface area contributed by atoms with E-state index in [0.29, 0.717) is 23.5 Å². The third-order valence-electron chi connectivity index (χ3n) is 5.14. The van der Waals surface area contributed by atoms with Crippen LogP contribution in [-0.2, 0) is 11.2 Å². The predicted molar refractivity (Wildman–Crippen MR) is 101 cm³/mol. The number of amides is 1. The zero-order valence-corrected chi connectivity index (χ0v) is 15.6. The number of nitrogens with zero attached hydrogens (tertiary/aromatic N) is 1. The fraction of sp³-hybridized carbons (Fsp3) is 0.389. The molecule has 2 atom stereocenters. The summed E-state index contributed by atoms with van der Waals surface area (Å²) in [6, 6.07) is 6.76. The van der Waals surface area contributed by atoms with Crippen LogP contribution in [0.4, 0.5) is 11.4 Å². The van der Waals surface area contributed by atoms with Crippen LogP contribution >= 0.6 is 22.9 Å². The van der Waals surface area contributed by atoms with Crippen LogP contribution in [0.3, 0.4) is 0 Å². The summed E-state index contributed by atoms with van der Waals surface area (Å²) in [7, 11) is 0. The van der Waals surface area contributed by atoms with Crippen molar-refractivity contribution >= 4 is 40.2 Å². The molecule has 0 spiro atoms. The van der Waals surface area contributed by atoms with Crippen molar-refractivity contribution in [2.75, 3.05) is 18.4 Å². The largest absolute Gasteiger partial charge is 0.320 e. The van der Waals surface area contributed by atoms with Crippen LogP contribution < -0.4 is 10.2 Å². The summed E-state index contributed by atoms with van der Waals surface area (Å²) in [4.78, 5) is 26.0. The number of anilines is 1. The number of fused-ring (bicyclic) bond motifs is 1. The molecule has 2 aliphatic rings. The molecule has 1 aliphatic carbocycles. The number of nitro groups is 1. The second-order valence-corrected chi connectivity index (χ2v) is 8.35. The Morgan fingerprint density at radius 3 is 2.92 bits per heavy atom. The van der Waals surface area contributed by atoms with E-state index in [-0.39, 0.29) is 17.3 Å². The fourth-order valence-corrected chi connectivity index (χ4v) is 4.97. The van der Waals surface area contributed by atoms with Gasteiger partial charge in [0.2, 0.25) is 0 Å². The van der Waals surface area contributed by atoms with E-state index in [0.717, 1.165) is 13.0 Å². The van der Waals surface area contributed by atoms with Gasteiger partial charge in [0.1, 0.15) is 11.7 Å². The molecule has 0 saturated heterocycles. The average molecular weight is 393 g/mol.